The molecule has 1 aromatic heterocycles. The van der Waals surface area contributed by atoms with E-state index in [-0.39, 0.29) is 0 Å². The van der Waals surface area contributed by atoms with Gasteiger partial charge >= 0.3 is 6.09 Å². The molecule has 6 nitrogen and oxygen atoms in total. The predicted molar refractivity (Wildman–Crippen MR) is 117 cm³/mol. The predicted octanol–water partition coefficient (Wildman–Crippen LogP) is 5.48. The van der Waals surface area contributed by atoms with E-state index in [1.807, 2.05) is 57.2 Å². The molecule has 0 aliphatic heterocycles. The number of hydrogen-bond donors (Lipinski definition) is 1. The zero-order valence-corrected chi connectivity index (χ0v) is 18.5. The maximum Gasteiger partial charge on any atom is 0.408 e. The van der Waals surface area contributed by atoms with E-state index in [1.54, 1.807) is 0 Å². The smallest absolute Gasteiger partial charge is 0.408 e. The van der Waals surface area contributed by atoms with Crippen LogP contribution >= 0.6 is 11.8 Å². The first-order valence-electron chi connectivity index (χ1n) is 9.84. The van der Waals surface area contributed by atoms with E-state index >= 15 is 0 Å². The molecule has 0 fully saturated rings. The van der Waals surface area contributed by atoms with E-state index in [0.717, 1.165) is 11.3 Å². The van der Waals surface area contributed by atoms with Gasteiger partial charge in [-0.25, -0.2) is 4.79 Å². The summed E-state index contributed by atoms with van der Waals surface area (Å²) < 4.78 is 11.3. The average Bonchev–Trinajstić information content (AvgIpc) is 3.14. The van der Waals surface area contributed by atoms with Crippen LogP contribution in [-0.4, -0.2) is 21.9 Å². The lowest BCUT2D eigenvalue weighted by Crippen LogP contribution is -2.36. The number of benzene rings is 2. The van der Waals surface area contributed by atoms with E-state index in [9.17, 15) is 4.79 Å². The van der Waals surface area contributed by atoms with E-state index in [2.05, 4.69) is 40.6 Å². The molecule has 0 saturated carbocycles. The number of alkyl carbamates (subject to hydrolysis) is 1. The normalized spacial score (nSPS) is 12.4. The van der Waals surface area contributed by atoms with Crippen LogP contribution in [0.2, 0.25) is 0 Å². The number of carbonyl (C=O) groups excluding carboxylic acids is 1. The highest BCUT2D eigenvalue weighted by atomic mass is 32.2. The summed E-state index contributed by atoms with van der Waals surface area (Å²) in [7, 11) is 0. The first-order valence-corrected chi connectivity index (χ1v) is 10.8. The SMILES string of the molecule is Cc1cccc(CSc2nnc([C@@H](Cc3ccccc3)NC(=O)OC(C)(C)C)o2)c1. The molecule has 3 aromatic rings. The highest BCUT2D eigenvalue weighted by molar-refractivity contribution is 7.98. The number of thioether (sulfide) groups is 1. The maximum atomic E-state index is 12.4. The fourth-order valence-corrected chi connectivity index (χ4v) is 3.58. The average molecular weight is 426 g/mol. The number of aryl methyl sites for hydroxylation is 1. The molecule has 1 atom stereocenters. The highest BCUT2D eigenvalue weighted by Gasteiger charge is 2.25. The molecule has 1 heterocycles. The first-order chi connectivity index (χ1) is 14.3. The number of carbonyl (C=O) groups is 1. The van der Waals surface area contributed by atoms with Crippen molar-refractivity contribution in [3.63, 3.8) is 0 Å². The highest BCUT2D eigenvalue weighted by Crippen LogP contribution is 2.25. The third kappa shape index (κ3) is 6.91. The van der Waals surface area contributed by atoms with Gasteiger partial charge in [-0.1, -0.05) is 71.9 Å². The van der Waals surface area contributed by atoms with Gasteiger partial charge < -0.3 is 14.5 Å². The third-order valence-electron chi connectivity index (χ3n) is 4.14. The molecule has 1 amide bonds. The Bertz CT molecular complexity index is 967. The molecule has 0 unspecified atom stereocenters. The van der Waals surface area contributed by atoms with Crippen LogP contribution in [-0.2, 0) is 16.9 Å². The van der Waals surface area contributed by atoms with Gasteiger partial charge in [-0.05, 0) is 38.8 Å². The van der Waals surface area contributed by atoms with Crippen LogP contribution in [0.3, 0.4) is 0 Å². The Balaban J connectivity index is 1.71. The fraction of sp³-hybridized carbons (Fsp3) is 0.348. The molecule has 0 saturated heterocycles. The van der Waals surface area contributed by atoms with Crippen molar-refractivity contribution in [3.05, 3.63) is 77.2 Å². The summed E-state index contributed by atoms with van der Waals surface area (Å²) in [6.07, 6.45) is 0.000150. The molecular formula is C23H27N3O3S. The number of nitrogens with zero attached hydrogens (tertiary/aromatic N) is 2. The maximum absolute atomic E-state index is 12.4. The molecule has 158 valence electrons. The number of aromatic nitrogens is 2. The van der Waals surface area contributed by atoms with Crippen LogP contribution in [0.15, 0.2) is 64.2 Å². The molecule has 0 aliphatic carbocycles. The lowest BCUT2D eigenvalue weighted by molar-refractivity contribution is 0.0494. The van der Waals surface area contributed by atoms with Crippen molar-refractivity contribution in [2.45, 2.75) is 56.7 Å². The quantitative estimate of drug-likeness (QED) is 0.505. The van der Waals surface area contributed by atoms with Gasteiger partial charge in [0.1, 0.15) is 11.6 Å². The number of ether oxygens (including phenoxy) is 1. The Labute approximate surface area is 181 Å². The van der Waals surface area contributed by atoms with Crippen LogP contribution in [0.1, 0.15) is 49.4 Å². The Morgan fingerprint density at radius 1 is 1.10 bits per heavy atom. The van der Waals surface area contributed by atoms with Gasteiger partial charge in [0.15, 0.2) is 0 Å². The van der Waals surface area contributed by atoms with Crippen molar-refractivity contribution in [1.29, 1.82) is 0 Å². The van der Waals surface area contributed by atoms with Gasteiger partial charge in [-0.3, -0.25) is 0 Å². The minimum absolute atomic E-state index is 0.358. The lowest BCUT2D eigenvalue weighted by Gasteiger charge is -2.22. The topological polar surface area (TPSA) is 77.2 Å². The number of amides is 1. The van der Waals surface area contributed by atoms with Crippen molar-refractivity contribution in [3.8, 4) is 0 Å². The summed E-state index contributed by atoms with van der Waals surface area (Å²) in [5.74, 6) is 1.09. The monoisotopic (exact) mass is 425 g/mol. The number of hydrogen-bond acceptors (Lipinski definition) is 6. The number of nitrogens with one attached hydrogen (secondary N) is 1. The summed E-state index contributed by atoms with van der Waals surface area (Å²) in [5, 5.41) is 11.7. The standard InChI is InChI=1S/C23H27N3O3S/c1-16-9-8-12-18(13-16)15-30-22-26-25-20(28-22)19(14-17-10-6-5-7-11-17)24-21(27)29-23(2,3)4/h5-13,19H,14-15H2,1-4H3,(H,24,27)/t19-/m1/s1. The van der Waals surface area contributed by atoms with Gasteiger partial charge in [0.25, 0.3) is 5.22 Å². The van der Waals surface area contributed by atoms with Crippen LogP contribution in [0.4, 0.5) is 4.79 Å². The Kier molecular flexibility index (Phi) is 7.15. The molecule has 1 N–H and O–H groups in total. The van der Waals surface area contributed by atoms with Crippen LogP contribution < -0.4 is 5.32 Å². The molecule has 0 spiro atoms. The van der Waals surface area contributed by atoms with Gasteiger partial charge in [0.2, 0.25) is 5.89 Å². The van der Waals surface area contributed by atoms with E-state index in [4.69, 9.17) is 9.15 Å². The van der Waals surface area contributed by atoms with Gasteiger partial charge in [0, 0.05) is 12.2 Å². The minimum Gasteiger partial charge on any atom is -0.444 e. The fourth-order valence-electron chi connectivity index (χ4n) is 2.87. The number of rotatable bonds is 7. The summed E-state index contributed by atoms with van der Waals surface area (Å²) >= 11 is 1.47. The first kappa shape index (κ1) is 21.9. The minimum atomic E-state index is -0.592. The Morgan fingerprint density at radius 2 is 1.83 bits per heavy atom. The summed E-state index contributed by atoms with van der Waals surface area (Å²) in [4.78, 5) is 12.4. The second-order valence-corrected chi connectivity index (χ2v) is 9.00. The molecule has 2 aromatic carbocycles. The lowest BCUT2D eigenvalue weighted by atomic mass is 10.1. The molecule has 30 heavy (non-hydrogen) atoms. The van der Waals surface area contributed by atoms with Crippen molar-refractivity contribution >= 4 is 17.9 Å². The molecular weight excluding hydrogens is 398 g/mol. The molecule has 0 aliphatic rings. The Morgan fingerprint density at radius 3 is 2.53 bits per heavy atom. The second-order valence-electron chi connectivity index (χ2n) is 8.07. The zero-order valence-electron chi connectivity index (χ0n) is 17.7. The molecule has 3 rings (SSSR count). The van der Waals surface area contributed by atoms with Gasteiger partial charge in [-0.2, -0.15) is 0 Å². The largest absolute Gasteiger partial charge is 0.444 e. The molecule has 0 radical (unpaired) electrons. The third-order valence-corrected chi connectivity index (χ3v) is 5.03. The van der Waals surface area contributed by atoms with Crippen molar-refractivity contribution in [2.75, 3.05) is 0 Å². The Hall–Kier alpha value is -2.80. The summed E-state index contributed by atoms with van der Waals surface area (Å²) in [6, 6.07) is 17.7. The van der Waals surface area contributed by atoms with Crippen molar-refractivity contribution in [1.82, 2.24) is 15.5 Å². The summed E-state index contributed by atoms with van der Waals surface area (Å²) in [6.45, 7) is 7.54. The van der Waals surface area contributed by atoms with E-state index in [0.29, 0.717) is 17.5 Å². The molecule has 0 bridgehead atoms. The van der Waals surface area contributed by atoms with Gasteiger partial charge in [-0.15, -0.1) is 10.2 Å². The van der Waals surface area contributed by atoms with Crippen LogP contribution in [0, 0.1) is 6.92 Å². The second kappa shape index (κ2) is 9.80. The zero-order chi connectivity index (χ0) is 21.6. The van der Waals surface area contributed by atoms with Crippen LogP contribution in [0.25, 0.3) is 0 Å². The summed E-state index contributed by atoms with van der Waals surface area (Å²) in [5.41, 5.74) is 2.85. The van der Waals surface area contributed by atoms with Crippen LogP contribution in [0.5, 0.6) is 0 Å². The van der Waals surface area contributed by atoms with Crippen molar-refractivity contribution in [2.24, 2.45) is 0 Å². The molecule has 7 heteroatoms. The van der Waals surface area contributed by atoms with Crippen molar-refractivity contribution < 1.29 is 13.9 Å². The van der Waals surface area contributed by atoms with E-state index < -0.39 is 17.7 Å². The van der Waals surface area contributed by atoms with E-state index in [1.165, 1.54) is 22.9 Å². The van der Waals surface area contributed by atoms with Gasteiger partial charge in [0.05, 0.1) is 0 Å².